The topological polar surface area (TPSA) is 29.1 Å². The van der Waals surface area contributed by atoms with Crippen LogP contribution in [0, 0.1) is 5.92 Å². The molecular formula is C9H15NO. The Kier molecular flexibility index (Phi) is 1.95. The second-order valence-corrected chi connectivity index (χ2v) is 3.67. The predicted octanol–water partition coefficient (Wildman–Crippen LogP) is 1.11. The Morgan fingerprint density at radius 2 is 2.18 bits per heavy atom. The smallest absolute Gasteiger partial charge is 0.137 e. The summed E-state index contributed by atoms with van der Waals surface area (Å²) in [6.45, 7) is 1.12. The molecule has 2 aliphatic rings. The maximum absolute atomic E-state index is 11.3. The van der Waals surface area contributed by atoms with E-state index in [0.717, 1.165) is 25.8 Å². The molecule has 0 bridgehead atoms. The van der Waals surface area contributed by atoms with Crippen molar-refractivity contribution >= 4 is 5.78 Å². The van der Waals surface area contributed by atoms with Gasteiger partial charge in [-0.1, -0.05) is 0 Å². The normalized spacial score (nSPS) is 38.4. The van der Waals surface area contributed by atoms with Gasteiger partial charge in [-0.25, -0.2) is 0 Å². The quantitative estimate of drug-likeness (QED) is 0.611. The minimum Gasteiger partial charge on any atom is -0.313 e. The molecule has 1 saturated heterocycles. The number of carbonyl (C=O) groups excluding carboxylic acids is 1. The molecule has 11 heavy (non-hydrogen) atoms. The van der Waals surface area contributed by atoms with Crippen molar-refractivity contribution in [2.75, 3.05) is 6.54 Å². The van der Waals surface area contributed by atoms with Crippen molar-refractivity contribution in [2.24, 2.45) is 5.92 Å². The van der Waals surface area contributed by atoms with E-state index in [1.165, 1.54) is 12.8 Å². The van der Waals surface area contributed by atoms with E-state index in [0.29, 0.717) is 17.7 Å². The van der Waals surface area contributed by atoms with Gasteiger partial charge in [0.25, 0.3) is 0 Å². The molecule has 1 saturated carbocycles. The molecule has 0 unspecified atom stereocenters. The molecule has 2 heteroatoms. The Morgan fingerprint density at radius 1 is 1.27 bits per heavy atom. The van der Waals surface area contributed by atoms with E-state index in [1.807, 2.05) is 0 Å². The molecule has 0 aromatic carbocycles. The number of nitrogens with one attached hydrogen (secondary N) is 1. The molecule has 1 heterocycles. The summed E-state index contributed by atoms with van der Waals surface area (Å²) in [6.07, 6.45) is 5.58. The molecule has 2 atom stereocenters. The average molecular weight is 153 g/mol. The number of rotatable bonds is 1. The summed E-state index contributed by atoms with van der Waals surface area (Å²) in [5, 5.41) is 3.41. The van der Waals surface area contributed by atoms with Crippen LogP contribution in [0.2, 0.25) is 0 Å². The fourth-order valence-electron chi connectivity index (χ4n) is 2.32. The lowest BCUT2D eigenvalue weighted by molar-refractivity contribution is -0.121. The average Bonchev–Trinajstić information content (AvgIpc) is 2.55. The Balaban J connectivity index is 1.97. The molecule has 2 nitrogen and oxygen atoms in total. The number of hydrogen-bond acceptors (Lipinski definition) is 2. The van der Waals surface area contributed by atoms with Crippen LogP contribution in [0.25, 0.3) is 0 Å². The first kappa shape index (κ1) is 7.29. The van der Waals surface area contributed by atoms with Gasteiger partial charge in [-0.2, -0.15) is 0 Å². The van der Waals surface area contributed by atoms with Crippen molar-refractivity contribution in [2.45, 2.75) is 38.1 Å². The molecule has 0 radical (unpaired) electrons. The van der Waals surface area contributed by atoms with Crippen LogP contribution in [0.3, 0.4) is 0 Å². The Morgan fingerprint density at radius 3 is 2.73 bits per heavy atom. The molecule has 0 amide bonds. The van der Waals surface area contributed by atoms with Crippen molar-refractivity contribution in [1.82, 2.24) is 5.32 Å². The second kappa shape index (κ2) is 2.94. The van der Waals surface area contributed by atoms with E-state index in [-0.39, 0.29) is 0 Å². The van der Waals surface area contributed by atoms with Gasteiger partial charge >= 0.3 is 0 Å². The zero-order valence-electron chi connectivity index (χ0n) is 6.81. The summed E-state index contributed by atoms with van der Waals surface area (Å²) in [7, 11) is 0. The predicted molar refractivity (Wildman–Crippen MR) is 43.4 cm³/mol. The van der Waals surface area contributed by atoms with E-state index < -0.39 is 0 Å². The van der Waals surface area contributed by atoms with Crippen molar-refractivity contribution in [3.8, 4) is 0 Å². The van der Waals surface area contributed by atoms with Gasteiger partial charge in [0.1, 0.15) is 5.78 Å². The van der Waals surface area contributed by atoms with Crippen LogP contribution in [0.1, 0.15) is 32.1 Å². The fraction of sp³-hybridized carbons (Fsp3) is 0.889. The van der Waals surface area contributed by atoms with Crippen LogP contribution in [0.5, 0.6) is 0 Å². The lowest BCUT2D eigenvalue weighted by Gasteiger charge is -2.15. The largest absolute Gasteiger partial charge is 0.313 e. The molecule has 1 aliphatic carbocycles. The first-order valence-electron chi connectivity index (χ1n) is 4.64. The third-order valence-electron chi connectivity index (χ3n) is 2.94. The van der Waals surface area contributed by atoms with Gasteiger partial charge in [-0.05, 0) is 32.2 Å². The van der Waals surface area contributed by atoms with Gasteiger partial charge in [-0.15, -0.1) is 0 Å². The first-order valence-corrected chi connectivity index (χ1v) is 4.64. The number of ketones is 1. The number of hydrogen-bond donors (Lipinski definition) is 1. The van der Waals surface area contributed by atoms with Gasteiger partial charge in [0.05, 0.1) is 0 Å². The van der Waals surface area contributed by atoms with Crippen LogP contribution in [-0.2, 0) is 4.79 Å². The van der Waals surface area contributed by atoms with Crippen molar-refractivity contribution < 1.29 is 4.79 Å². The standard InChI is InChI=1S/C9H15NO/c11-9-5-1-3-7(9)8-4-2-6-10-8/h7-8,10H,1-6H2/t7-,8+/m1/s1. The van der Waals surface area contributed by atoms with Gasteiger partial charge in [0.15, 0.2) is 0 Å². The van der Waals surface area contributed by atoms with Crippen LogP contribution in [-0.4, -0.2) is 18.4 Å². The van der Waals surface area contributed by atoms with Gasteiger partial charge < -0.3 is 5.32 Å². The molecule has 1 aliphatic heterocycles. The van der Waals surface area contributed by atoms with Crippen molar-refractivity contribution in [3.63, 3.8) is 0 Å². The molecule has 0 spiro atoms. The highest BCUT2D eigenvalue weighted by Gasteiger charge is 2.33. The zero-order valence-corrected chi connectivity index (χ0v) is 6.81. The molecule has 2 fully saturated rings. The summed E-state index contributed by atoms with van der Waals surface area (Å²) in [5.41, 5.74) is 0. The molecule has 0 aromatic heterocycles. The lowest BCUT2D eigenvalue weighted by atomic mass is 9.96. The van der Waals surface area contributed by atoms with Crippen LogP contribution in [0.4, 0.5) is 0 Å². The summed E-state index contributed by atoms with van der Waals surface area (Å²) in [5.74, 6) is 0.877. The monoisotopic (exact) mass is 153 g/mol. The highest BCUT2D eigenvalue weighted by atomic mass is 16.1. The lowest BCUT2D eigenvalue weighted by Crippen LogP contribution is -2.32. The molecule has 62 valence electrons. The highest BCUT2D eigenvalue weighted by Crippen LogP contribution is 2.28. The van der Waals surface area contributed by atoms with Crippen molar-refractivity contribution in [1.29, 1.82) is 0 Å². The van der Waals surface area contributed by atoms with E-state index >= 15 is 0 Å². The third kappa shape index (κ3) is 1.32. The number of Topliss-reactive ketones (excluding diaryl/α,β-unsaturated/α-hetero) is 1. The Labute approximate surface area is 67.4 Å². The summed E-state index contributed by atoms with van der Waals surface area (Å²) < 4.78 is 0. The second-order valence-electron chi connectivity index (χ2n) is 3.67. The van der Waals surface area contributed by atoms with Crippen LogP contribution < -0.4 is 5.32 Å². The minimum atomic E-state index is 0.373. The summed E-state index contributed by atoms with van der Waals surface area (Å²) >= 11 is 0. The third-order valence-corrected chi connectivity index (χ3v) is 2.94. The Hall–Kier alpha value is -0.370. The first-order chi connectivity index (χ1) is 5.38. The van der Waals surface area contributed by atoms with Crippen molar-refractivity contribution in [3.05, 3.63) is 0 Å². The van der Waals surface area contributed by atoms with E-state index in [4.69, 9.17) is 0 Å². The van der Waals surface area contributed by atoms with Crippen LogP contribution >= 0.6 is 0 Å². The zero-order chi connectivity index (χ0) is 7.68. The minimum absolute atomic E-state index is 0.373. The maximum atomic E-state index is 11.3. The van der Waals surface area contributed by atoms with E-state index in [2.05, 4.69) is 5.32 Å². The van der Waals surface area contributed by atoms with E-state index in [9.17, 15) is 4.79 Å². The number of carbonyl (C=O) groups is 1. The molecule has 0 aromatic rings. The molecular weight excluding hydrogens is 138 g/mol. The summed E-state index contributed by atoms with van der Waals surface area (Å²) in [4.78, 5) is 11.3. The van der Waals surface area contributed by atoms with E-state index in [1.54, 1.807) is 0 Å². The maximum Gasteiger partial charge on any atom is 0.137 e. The van der Waals surface area contributed by atoms with Gasteiger partial charge in [0.2, 0.25) is 0 Å². The highest BCUT2D eigenvalue weighted by molar-refractivity contribution is 5.83. The van der Waals surface area contributed by atoms with Gasteiger partial charge in [0, 0.05) is 18.4 Å². The van der Waals surface area contributed by atoms with Gasteiger partial charge in [-0.3, -0.25) is 4.79 Å². The Bertz CT molecular complexity index is 161. The molecule has 2 rings (SSSR count). The summed E-state index contributed by atoms with van der Waals surface area (Å²) in [6, 6.07) is 0.532. The SMILES string of the molecule is O=C1CCC[C@@H]1[C@@H]1CCCN1. The molecule has 1 N–H and O–H groups in total. The van der Waals surface area contributed by atoms with Crippen LogP contribution in [0.15, 0.2) is 0 Å². The fourth-order valence-corrected chi connectivity index (χ4v) is 2.32.